The van der Waals surface area contributed by atoms with Gasteiger partial charge in [-0.05, 0) is 48.5 Å². The smallest absolute Gasteiger partial charge is 0.181 e. The lowest BCUT2D eigenvalue weighted by molar-refractivity contribution is 0.0915. The van der Waals surface area contributed by atoms with Gasteiger partial charge in [-0.3, -0.25) is 9.59 Å². The SMILES string of the molecule is COc1cc(C(=O)CCC(=O)c2ccc(OC)c(-c3ccc(F)c(Cl)c3)n2)ccc1-n1ccnc1. The van der Waals surface area contributed by atoms with Crippen molar-refractivity contribution in [3.63, 3.8) is 0 Å². The van der Waals surface area contributed by atoms with E-state index in [9.17, 15) is 14.0 Å². The van der Waals surface area contributed by atoms with Gasteiger partial charge in [0.2, 0.25) is 0 Å². The first-order valence-corrected chi connectivity index (χ1v) is 11.0. The van der Waals surface area contributed by atoms with Crippen LogP contribution in [0.1, 0.15) is 33.7 Å². The fourth-order valence-corrected chi connectivity index (χ4v) is 3.76. The molecule has 2 aromatic heterocycles. The number of nitrogens with zero attached hydrogens (tertiary/aromatic N) is 3. The van der Waals surface area contributed by atoms with Crippen molar-refractivity contribution in [2.75, 3.05) is 14.2 Å². The summed E-state index contributed by atoms with van der Waals surface area (Å²) in [5.41, 5.74) is 2.20. The Bertz CT molecular complexity index is 1390. The number of carbonyl (C=O) groups excluding carboxylic acids is 2. The van der Waals surface area contributed by atoms with E-state index in [-0.39, 0.29) is 35.1 Å². The van der Waals surface area contributed by atoms with Crippen LogP contribution in [-0.2, 0) is 0 Å². The number of benzene rings is 2. The third kappa shape index (κ3) is 5.22. The maximum absolute atomic E-state index is 13.6. The number of aromatic nitrogens is 3. The molecule has 0 radical (unpaired) electrons. The number of ether oxygens (including phenoxy) is 2. The standard InChI is InChI=1S/C26H21ClFN3O4/c1-34-24-10-6-20(30-26(24)17-3-5-19(28)18(27)13-17)23(33)9-8-22(32)16-4-7-21(25(14-16)35-2)31-12-11-29-15-31/h3-7,10-15H,8-9H2,1-2H3. The molecule has 0 spiro atoms. The number of Topliss-reactive ketones (excluding diaryl/α,β-unsaturated/α-hetero) is 2. The largest absolute Gasteiger partial charge is 0.495 e. The van der Waals surface area contributed by atoms with Gasteiger partial charge in [-0.15, -0.1) is 0 Å². The molecule has 0 N–H and O–H groups in total. The van der Waals surface area contributed by atoms with Crippen LogP contribution in [0.3, 0.4) is 0 Å². The van der Waals surface area contributed by atoms with E-state index in [0.717, 1.165) is 5.69 Å². The molecule has 7 nitrogen and oxygen atoms in total. The fraction of sp³-hybridized carbons (Fsp3) is 0.154. The Labute approximate surface area is 206 Å². The van der Waals surface area contributed by atoms with Crippen LogP contribution in [0.25, 0.3) is 16.9 Å². The fourth-order valence-electron chi connectivity index (χ4n) is 3.58. The van der Waals surface area contributed by atoms with Crippen LogP contribution in [0.5, 0.6) is 11.5 Å². The van der Waals surface area contributed by atoms with E-state index in [2.05, 4.69) is 9.97 Å². The van der Waals surface area contributed by atoms with Crippen molar-refractivity contribution in [1.82, 2.24) is 14.5 Å². The molecule has 0 atom stereocenters. The third-order valence-corrected chi connectivity index (χ3v) is 5.71. The number of methoxy groups -OCH3 is 2. The van der Waals surface area contributed by atoms with E-state index in [0.29, 0.717) is 28.3 Å². The summed E-state index contributed by atoms with van der Waals surface area (Å²) in [5.74, 6) is -0.148. The Balaban J connectivity index is 1.50. The number of hydrogen-bond donors (Lipinski definition) is 0. The second-order valence-corrected chi connectivity index (χ2v) is 7.99. The summed E-state index contributed by atoms with van der Waals surface area (Å²) in [6, 6.07) is 12.4. The van der Waals surface area contributed by atoms with Crippen LogP contribution in [0, 0.1) is 5.82 Å². The molecular formula is C26H21ClFN3O4. The van der Waals surface area contributed by atoms with Crippen molar-refractivity contribution in [2.24, 2.45) is 0 Å². The number of halogens is 2. The number of ketones is 2. The molecule has 2 heterocycles. The number of hydrogen-bond acceptors (Lipinski definition) is 6. The summed E-state index contributed by atoms with van der Waals surface area (Å²) < 4.78 is 26.1. The van der Waals surface area contributed by atoms with E-state index >= 15 is 0 Å². The normalized spacial score (nSPS) is 10.7. The monoisotopic (exact) mass is 493 g/mol. The van der Waals surface area contributed by atoms with Crippen LogP contribution in [-0.4, -0.2) is 40.3 Å². The lowest BCUT2D eigenvalue weighted by Gasteiger charge is -2.11. The topological polar surface area (TPSA) is 83.3 Å². The molecule has 35 heavy (non-hydrogen) atoms. The Morgan fingerprint density at radius 3 is 2.43 bits per heavy atom. The lowest BCUT2D eigenvalue weighted by Crippen LogP contribution is -2.08. The number of imidazole rings is 1. The molecule has 0 saturated carbocycles. The number of pyridine rings is 1. The minimum atomic E-state index is -0.560. The molecule has 0 aliphatic rings. The van der Waals surface area contributed by atoms with Gasteiger partial charge in [0, 0.05) is 36.4 Å². The van der Waals surface area contributed by atoms with Crippen molar-refractivity contribution >= 4 is 23.2 Å². The zero-order chi connectivity index (χ0) is 24.9. The molecule has 4 rings (SSSR count). The van der Waals surface area contributed by atoms with Gasteiger partial charge in [-0.25, -0.2) is 14.4 Å². The summed E-state index contributed by atoms with van der Waals surface area (Å²) in [5, 5.41) is -0.0665. The Hall–Kier alpha value is -4.04. The molecule has 9 heteroatoms. The molecule has 0 aliphatic carbocycles. The minimum absolute atomic E-state index is 0.00215. The van der Waals surface area contributed by atoms with E-state index in [1.54, 1.807) is 47.6 Å². The van der Waals surface area contributed by atoms with Gasteiger partial charge in [0.1, 0.15) is 28.7 Å². The van der Waals surface area contributed by atoms with E-state index in [1.165, 1.54) is 38.5 Å². The zero-order valence-electron chi connectivity index (χ0n) is 19.0. The quantitative estimate of drug-likeness (QED) is 0.283. The number of rotatable bonds is 9. The molecule has 0 saturated heterocycles. The molecular weight excluding hydrogens is 473 g/mol. The summed E-state index contributed by atoms with van der Waals surface area (Å²) >= 11 is 5.90. The first kappa shape index (κ1) is 24.1. The van der Waals surface area contributed by atoms with Gasteiger partial charge in [0.05, 0.1) is 31.3 Å². The van der Waals surface area contributed by atoms with Crippen LogP contribution in [0.2, 0.25) is 5.02 Å². The lowest BCUT2D eigenvalue weighted by atomic mass is 10.0. The minimum Gasteiger partial charge on any atom is -0.495 e. The van der Waals surface area contributed by atoms with Crippen LogP contribution in [0.15, 0.2) is 67.3 Å². The second kappa shape index (κ2) is 10.5. The van der Waals surface area contributed by atoms with E-state index in [1.807, 2.05) is 0 Å². The highest BCUT2D eigenvalue weighted by atomic mass is 35.5. The summed E-state index contributed by atoms with van der Waals surface area (Å²) in [6.45, 7) is 0. The molecule has 0 amide bonds. The molecule has 0 bridgehead atoms. The van der Waals surface area contributed by atoms with Gasteiger partial charge in [-0.2, -0.15) is 0 Å². The van der Waals surface area contributed by atoms with Crippen molar-refractivity contribution in [3.8, 4) is 28.4 Å². The molecule has 178 valence electrons. The first-order chi connectivity index (χ1) is 16.9. The Kier molecular flexibility index (Phi) is 7.22. The zero-order valence-corrected chi connectivity index (χ0v) is 19.8. The second-order valence-electron chi connectivity index (χ2n) is 7.58. The van der Waals surface area contributed by atoms with E-state index < -0.39 is 5.82 Å². The van der Waals surface area contributed by atoms with Crippen molar-refractivity contribution < 1.29 is 23.5 Å². The molecule has 0 unspecified atom stereocenters. The molecule has 2 aromatic carbocycles. The average Bonchev–Trinajstić information content (AvgIpc) is 3.42. The number of carbonyl (C=O) groups is 2. The summed E-state index contributed by atoms with van der Waals surface area (Å²) in [7, 11) is 2.99. The third-order valence-electron chi connectivity index (χ3n) is 5.42. The molecule has 4 aromatic rings. The maximum atomic E-state index is 13.6. The van der Waals surface area contributed by atoms with Gasteiger partial charge in [-0.1, -0.05) is 11.6 Å². The first-order valence-electron chi connectivity index (χ1n) is 10.6. The predicted molar refractivity (Wildman–Crippen MR) is 129 cm³/mol. The average molecular weight is 494 g/mol. The van der Waals surface area contributed by atoms with Crippen molar-refractivity contribution in [3.05, 3.63) is 89.3 Å². The highest BCUT2D eigenvalue weighted by Crippen LogP contribution is 2.31. The Morgan fingerprint density at radius 1 is 0.971 bits per heavy atom. The van der Waals surface area contributed by atoms with Crippen molar-refractivity contribution in [1.29, 1.82) is 0 Å². The summed E-state index contributed by atoms with van der Waals surface area (Å²) in [4.78, 5) is 34.1. The highest BCUT2D eigenvalue weighted by molar-refractivity contribution is 6.31. The highest BCUT2D eigenvalue weighted by Gasteiger charge is 2.17. The van der Waals surface area contributed by atoms with E-state index in [4.69, 9.17) is 21.1 Å². The molecule has 0 aliphatic heterocycles. The summed E-state index contributed by atoms with van der Waals surface area (Å²) in [6.07, 6.45) is 5.01. The van der Waals surface area contributed by atoms with Crippen LogP contribution < -0.4 is 9.47 Å². The van der Waals surface area contributed by atoms with Gasteiger partial charge in [0.25, 0.3) is 0 Å². The Morgan fingerprint density at radius 2 is 1.74 bits per heavy atom. The van der Waals surface area contributed by atoms with Gasteiger partial charge >= 0.3 is 0 Å². The van der Waals surface area contributed by atoms with Crippen LogP contribution in [0.4, 0.5) is 4.39 Å². The molecule has 0 fully saturated rings. The van der Waals surface area contributed by atoms with Crippen LogP contribution >= 0.6 is 11.6 Å². The maximum Gasteiger partial charge on any atom is 0.181 e. The predicted octanol–water partition coefficient (Wildman–Crippen LogP) is 5.59. The van der Waals surface area contributed by atoms with Crippen molar-refractivity contribution in [2.45, 2.75) is 12.8 Å². The van der Waals surface area contributed by atoms with Gasteiger partial charge in [0.15, 0.2) is 11.6 Å². The van der Waals surface area contributed by atoms with Gasteiger partial charge < -0.3 is 14.0 Å².